The van der Waals surface area contributed by atoms with Crippen molar-refractivity contribution >= 4 is 34.7 Å². The first-order valence-corrected chi connectivity index (χ1v) is 11.0. The molecule has 0 aliphatic carbocycles. The second-order valence-electron chi connectivity index (χ2n) is 8.16. The van der Waals surface area contributed by atoms with Crippen molar-refractivity contribution < 1.29 is 22.8 Å². The second-order valence-corrected chi connectivity index (χ2v) is 8.57. The van der Waals surface area contributed by atoms with Crippen LogP contribution in [0.5, 0.6) is 0 Å². The third-order valence-corrected chi connectivity index (χ3v) is 6.05. The molecule has 0 aliphatic rings. The van der Waals surface area contributed by atoms with E-state index in [-0.39, 0.29) is 28.5 Å². The third kappa shape index (κ3) is 4.81. The summed E-state index contributed by atoms with van der Waals surface area (Å²) in [6.07, 6.45) is 1.07. The molecule has 0 saturated carbocycles. The van der Waals surface area contributed by atoms with Gasteiger partial charge in [-0.25, -0.2) is 8.78 Å². The molecular formula is C27H21ClF2N2O3. The Kier molecular flexibility index (Phi) is 6.71. The van der Waals surface area contributed by atoms with Gasteiger partial charge < -0.3 is 15.5 Å². The van der Waals surface area contributed by atoms with E-state index in [1.165, 1.54) is 30.5 Å². The number of Topliss-reactive ketones (excluding diaryl/α,β-unsaturated/α-hetero) is 1. The minimum atomic E-state index is -1.55. The zero-order valence-corrected chi connectivity index (χ0v) is 19.4. The molecule has 4 aromatic rings. The molecule has 1 atom stereocenters. The molecule has 0 bridgehead atoms. The van der Waals surface area contributed by atoms with E-state index >= 15 is 0 Å². The third-order valence-electron chi connectivity index (χ3n) is 5.74. The molecule has 4 rings (SSSR count). The number of benzene rings is 3. The number of nitrogens with one attached hydrogen (secondary N) is 1. The minimum absolute atomic E-state index is 0.0415. The summed E-state index contributed by atoms with van der Waals surface area (Å²) in [5, 5.41) is 2.88. The van der Waals surface area contributed by atoms with Crippen molar-refractivity contribution in [3.05, 3.63) is 118 Å². The van der Waals surface area contributed by atoms with Gasteiger partial charge in [0.2, 0.25) is 5.91 Å². The maximum Gasteiger partial charge on any atom is 0.219 e. The maximum atomic E-state index is 14.1. The predicted molar refractivity (Wildman–Crippen MR) is 130 cm³/mol. The number of ketones is 1. The Morgan fingerprint density at radius 3 is 2.37 bits per heavy atom. The Hall–Kier alpha value is -3.97. The largest absolute Gasteiger partial charge is 0.468 e. The van der Waals surface area contributed by atoms with E-state index in [0.29, 0.717) is 11.3 Å². The van der Waals surface area contributed by atoms with Crippen molar-refractivity contribution in [2.45, 2.75) is 18.8 Å². The smallest absolute Gasteiger partial charge is 0.219 e. The highest BCUT2D eigenvalue weighted by Crippen LogP contribution is 2.41. The molecule has 0 fully saturated rings. The molecule has 1 amide bonds. The number of carbonyl (C=O) groups is 2. The van der Waals surface area contributed by atoms with Crippen LogP contribution in [0.15, 0.2) is 83.5 Å². The van der Waals surface area contributed by atoms with E-state index in [1.54, 1.807) is 24.3 Å². The van der Waals surface area contributed by atoms with Crippen LogP contribution in [0, 0.1) is 18.6 Å². The maximum absolute atomic E-state index is 14.1. The number of carbonyl (C=O) groups excluding carboxylic acids is 2. The second kappa shape index (κ2) is 9.72. The normalized spacial score (nSPS) is 12.7. The molecule has 5 nitrogen and oxygen atoms in total. The molecule has 3 N–H and O–H groups in total. The molecule has 1 unspecified atom stereocenters. The Morgan fingerprint density at radius 1 is 1.03 bits per heavy atom. The van der Waals surface area contributed by atoms with Crippen LogP contribution >= 0.6 is 11.6 Å². The van der Waals surface area contributed by atoms with Gasteiger partial charge >= 0.3 is 0 Å². The topological polar surface area (TPSA) is 85.3 Å². The molecule has 1 heterocycles. The lowest BCUT2D eigenvalue weighted by Gasteiger charge is -2.30. The van der Waals surface area contributed by atoms with E-state index < -0.39 is 28.7 Å². The van der Waals surface area contributed by atoms with Crippen LogP contribution in [-0.4, -0.2) is 11.7 Å². The number of hydrogen-bond donors (Lipinski definition) is 2. The van der Waals surface area contributed by atoms with Crippen molar-refractivity contribution in [2.75, 3.05) is 5.32 Å². The Labute approximate surface area is 205 Å². The highest BCUT2D eigenvalue weighted by atomic mass is 35.5. The number of furan rings is 1. The van der Waals surface area contributed by atoms with Crippen LogP contribution in [0.4, 0.5) is 20.2 Å². The first-order valence-electron chi connectivity index (χ1n) is 10.7. The molecule has 0 spiro atoms. The highest BCUT2D eigenvalue weighted by molar-refractivity contribution is 6.35. The van der Waals surface area contributed by atoms with E-state index in [1.807, 2.05) is 19.1 Å². The molecule has 178 valence electrons. The predicted octanol–water partition coefficient (Wildman–Crippen LogP) is 6.31. The molecule has 0 aliphatic heterocycles. The van der Waals surface area contributed by atoms with Crippen molar-refractivity contribution in [2.24, 2.45) is 5.73 Å². The van der Waals surface area contributed by atoms with Crippen molar-refractivity contribution in [1.29, 1.82) is 0 Å². The van der Waals surface area contributed by atoms with Gasteiger partial charge in [0.15, 0.2) is 5.78 Å². The van der Waals surface area contributed by atoms with Crippen LogP contribution < -0.4 is 11.1 Å². The van der Waals surface area contributed by atoms with Crippen LogP contribution in [0.25, 0.3) is 0 Å². The first-order chi connectivity index (χ1) is 16.7. The fraction of sp³-hybridized carbons (Fsp3) is 0.111. The Balaban J connectivity index is 1.79. The minimum Gasteiger partial charge on any atom is -0.468 e. The average molecular weight is 495 g/mol. The van der Waals surface area contributed by atoms with E-state index in [0.717, 1.165) is 17.7 Å². The van der Waals surface area contributed by atoms with Crippen LogP contribution in [-0.2, 0) is 10.2 Å². The summed E-state index contributed by atoms with van der Waals surface area (Å²) in [4.78, 5) is 26.3. The molecule has 0 radical (unpaired) electrons. The lowest BCUT2D eigenvalue weighted by molar-refractivity contribution is -0.118. The van der Waals surface area contributed by atoms with Gasteiger partial charge in [0, 0.05) is 17.3 Å². The van der Waals surface area contributed by atoms with E-state index in [2.05, 4.69) is 5.32 Å². The monoisotopic (exact) mass is 494 g/mol. The summed E-state index contributed by atoms with van der Waals surface area (Å²) in [5.74, 6) is -2.42. The van der Waals surface area contributed by atoms with E-state index in [4.69, 9.17) is 21.8 Å². The van der Waals surface area contributed by atoms with Crippen LogP contribution in [0.3, 0.4) is 0 Å². The fourth-order valence-corrected chi connectivity index (χ4v) is 4.30. The summed E-state index contributed by atoms with van der Waals surface area (Å²) in [6.45, 7) is 1.90. The quantitative estimate of drug-likeness (QED) is 0.281. The number of hydrogen-bond acceptors (Lipinski definition) is 4. The number of rotatable bonds is 8. The molecular weight excluding hydrogens is 474 g/mol. The average Bonchev–Trinajstić information content (AvgIpc) is 3.35. The molecule has 1 aromatic heterocycles. The van der Waals surface area contributed by atoms with E-state index in [9.17, 15) is 18.4 Å². The summed E-state index contributed by atoms with van der Waals surface area (Å²) < 4.78 is 32.9. The Morgan fingerprint density at radius 2 is 1.77 bits per heavy atom. The zero-order chi connectivity index (χ0) is 25.2. The van der Waals surface area contributed by atoms with Gasteiger partial charge in [0.25, 0.3) is 0 Å². The summed E-state index contributed by atoms with van der Waals surface area (Å²) in [6, 6.07) is 18.0. The molecule has 8 heteroatoms. The first kappa shape index (κ1) is 24.2. The fourth-order valence-electron chi connectivity index (χ4n) is 4.03. The van der Waals surface area contributed by atoms with Gasteiger partial charge in [0.05, 0.1) is 23.4 Å². The van der Waals surface area contributed by atoms with Gasteiger partial charge in [-0.2, -0.15) is 0 Å². The SMILES string of the molecule is Cc1ccc(C(CC(N)=O)(C(=O)c2ccc(Nc3ccc(F)cc3F)cc2Cl)c2ccco2)cc1. The number of halogens is 3. The summed E-state index contributed by atoms with van der Waals surface area (Å²) >= 11 is 6.51. The van der Waals surface area contributed by atoms with Gasteiger partial charge in [-0.05, 0) is 55.0 Å². The lowest BCUT2D eigenvalue weighted by atomic mass is 9.70. The molecule has 35 heavy (non-hydrogen) atoms. The zero-order valence-electron chi connectivity index (χ0n) is 18.6. The van der Waals surface area contributed by atoms with Crippen molar-refractivity contribution in [3.8, 4) is 0 Å². The summed E-state index contributed by atoms with van der Waals surface area (Å²) in [5.41, 5.74) is 6.08. The van der Waals surface area contributed by atoms with Crippen LogP contribution in [0.1, 0.15) is 33.7 Å². The number of nitrogens with two attached hydrogens (primary N) is 1. The number of anilines is 2. The van der Waals surface area contributed by atoms with Crippen LogP contribution in [0.2, 0.25) is 5.02 Å². The van der Waals surface area contributed by atoms with Gasteiger partial charge in [-0.15, -0.1) is 0 Å². The Bertz CT molecular complexity index is 1390. The number of amides is 1. The number of aryl methyl sites for hydroxylation is 1. The van der Waals surface area contributed by atoms with Crippen molar-refractivity contribution in [1.82, 2.24) is 0 Å². The number of primary amides is 1. The van der Waals surface area contributed by atoms with Gasteiger partial charge in [-0.1, -0.05) is 41.4 Å². The standard InChI is InChI=1S/C27H21ClF2N2O3/c1-16-4-6-17(7-5-16)27(15-25(31)33,24-3-2-12-35-24)26(34)20-10-9-19(14-21(20)28)32-23-11-8-18(29)13-22(23)30/h2-14,32H,15H2,1H3,(H2,31,33). The van der Waals surface area contributed by atoms with Gasteiger partial charge in [0.1, 0.15) is 22.8 Å². The van der Waals surface area contributed by atoms with Gasteiger partial charge in [-0.3, -0.25) is 9.59 Å². The molecule has 0 saturated heterocycles. The molecule has 3 aromatic carbocycles. The summed E-state index contributed by atoms with van der Waals surface area (Å²) in [7, 11) is 0. The lowest BCUT2D eigenvalue weighted by Crippen LogP contribution is -2.41. The van der Waals surface area contributed by atoms with Crippen molar-refractivity contribution in [3.63, 3.8) is 0 Å². The highest BCUT2D eigenvalue weighted by Gasteiger charge is 2.46.